The maximum Gasteiger partial charge on any atom is 0.0710 e. The van der Waals surface area contributed by atoms with Crippen LogP contribution in [0.15, 0.2) is 0 Å². The zero-order valence-electron chi connectivity index (χ0n) is 13.7. The van der Waals surface area contributed by atoms with E-state index in [1.807, 2.05) is 0 Å². The van der Waals surface area contributed by atoms with Gasteiger partial charge < -0.3 is 10.5 Å². The van der Waals surface area contributed by atoms with Crippen molar-refractivity contribution in [1.82, 2.24) is 9.80 Å². The Morgan fingerprint density at radius 1 is 1.10 bits per heavy atom. The molecule has 0 bridgehead atoms. The average Bonchev–Trinajstić information content (AvgIpc) is 2.90. The molecular formula is C17H33N3O. The molecule has 0 radical (unpaired) electrons. The SMILES string of the molecule is CC(CN)N1CCN(CC2CCC3(CCCCC3)O2)CC1. The van der Waals surface area contributed by atoms with Crippen molar-refractivity contribution in [1.29, 1.82) is 0 Å². The molecule has 1 spiro atoms. The maximum atomic E-state index is 6.51. The molecule has 3 rings (SSSR count). The first kappa shape index (κ1) is 15.7. The lowest BCUT2D eigenvalue weighted by molar-refractivity contribution is -0.0747. The van der Waals surface area contributed by atoms with Crippen LogP contribution in [0.2, 0.25) is 0 Å². The summed E-state index contributed by atoms with van der Waals surface area (Å²) in [6.45, 7) is 8.84. The minimum Gasteiger partial charge on any atom is -0.370 e. The van der Waals surface area contributed by atoms with Crippen LogP contribution >= 0.6 is 0 Å². The van der Waals surface area contributed by atoms with Gasteiger partial charge in [-0.1, -0.05) is 19.3 Å². The Kier molecular flexibility index (Phi) is 5.20. The molecule has 1 saturated carbocycles. The number of hydrogen-bond acceptors (Lipinski definition) is 4. The molecular weight excluding hydrogens is 262 g/mol. The van der Waals surface area contributed by atoms with E-state index in [1.165, 1.54) is 58.0 Å². The highest BCUT2D eigenvalue weighted by atomic mass is 16.5. The van der Waals surface area contributed by atoms with Crippen LogP contribution in [0, 0.1) is 0 Å². The molecule has 2 atom stereocenters. The first-order valence-electron chi connectivity index (χ1n) is 9.05. The largest absolute Gasteiger partial charge is 0.370 e. The van der Waals surface area contributed by atoms with E-state index in [0.29, 0.717) is 12.1 Å². The standard InChI is InChI=1S/C17H33N3O/c1-15(13-18)20-11-9-19(10-12-20)14-16-5-8-17(21-16)6-3-2-4-7-17/h15-16H,2-14,18H2,1H3. The van der Waals surface area contributed by atoms with Crippen LogP contribution in [-0.4, -0.2) is 66.8 Å². The third-order valence-corrected chi connectivity index (χ3v) is 5.94. The van der Waals surface area contributed by atoms with Crippen molar-refractivity contribution in [3.63, 3.8) is 0 Å². The number of piperazine rings is 1. The lowest BCUT2D eigenvalue weighted by Crippen LogP contribution is -2.52. The second-order valence-electron chi connectivity index (χ2n) is 7.44. The lowest BCUT2D eigenvalue weighted by atomic mass is 9.83. The Labute approximate surface area is 130 Å². The van der Waals surface area contributed by atoms with Crippen LogP contribution in [0.5, 0.6) is 0 Å². The topological polar surface area (TPSA) is 41.7 Å². The fourth-order valence-corrected chi connectivity index (χ4v) is 4.41. The molecule has 2 heterocycles. The summed E-state index contributed by atoms with van der Waals surface area (Å²) in [5.41, 5.74) is 6.05. The van der Waals surface area contributed by atoms with Gasteiger partial charge in [-0.05, 0) is 32.6 Å². The van der Waals surface area contributed by atoms with Crippen LogP contribution in [0.1, 0.15) is 51.9 Å². The van der Waals surface area contributed by atoms with Crippen molar-refractivity contribution in [3.8, 4) is 0 Å². The van der Waals surface area contributed by atoms with Crippen LogP contribution in [0.3, 0.4) is 0 Å². The van der Waals surface area contributed by atoms with Gasteiger partial charge in [0.15, 0.2) is 0 Å². The quantitative estimate of drug-likeness (QED) is 0.859. The molecule has 122 valence electrons. The molecule has 21 heavy (non-hydrogen) atoms. The van der Waals surface area contributed by atoms with E-state index in [-0.39, 0.29) is 5.60 Å². The molecule has 2 unspecified atom stereocenters. The molecule has 4 nitrogen and oxygen atoms in total. The first-order chi connectivity index (χ1) is 10.2. The van der Waals surface area contributed by atoms with Gasteiger partial charge in [0, 0.05) is 45.3 Å². The van der Waals surface area contributed by atoms with E-state index in [2.05, 4.69) is 16.7 Å². The van der Waals surface area contributed by atoms with Gasteiger partial charge in [0.05, 0.1) is 11.7 Å². The van der Waals surface area contributed by atoms with Crippen LogP contribution in [0.4, 0.5) is 0 Å². The summed E-state index contributed by atoms with van der Waals surface area (Å²) in [7, 11) is 0. The van der Waals surface area contributed by atoms with Crippen molar-refractivity contribution in [2.45, 2.75) is 69.6 Å². The van der Waals surface area contributed by atoms with Crippen molar-refractivity contribution >= 4 is 0 Å². The lowest BCUT2D eigenvalue weighted by Gasteiger charge is -2.39. The monoisotopic (exact) mass is 295 g/mol. The van der Waals surface area contributed by atoms with Gasteiger partial charge >= 0.3 is 0 Å². The molecule has 2 aliphatic heterocycles. The summed E-state index contributed by atoms with van der Waals surface area (Å²) in [4.78, 5) is 5.13. The smallest absolute Gasteiger partial charge is 0.0710 e. The molecule has 0 amide bonds. The Bertz CT molecular complexity index is 322. The van der Waals surface area contributed by atoms with Gasteiger partial charge in [-0.25, -0.2) is 0 Å². The molecule has 3 aliphatic rings. The predicted molar refractivity (Wildman–Crippen MR) is 86.5 cm³/mol. The Balaban J connectivity index is 1.42. The summed E-state index contributed by atoms with van der Waals surface area (Å²) < 4.78 is 6.51. The van der Waals surface area contributed by atoms with Crippen molar-refractivity contribution in [2.24, 2.45) is 5.73 Å². The summed E-state index contributed by atoms with van der Waals surface area (Å²) in [5, 5.41) is 0. The van der Waals surface area contributed by atoms with Gasteiger partial charge in [-0.3, -0.25) is 9.80 Å². The van der Waals surface area contributed by atoms with Crippen LogP contribution in [-0.2, 0) is 4.74 Å². The third-order valence-electron chi connectivity index (χ3n) is 5.94. The van der Waals surface area contributed by atoms with E-state index in [0.717, 1.165) is 26.2 Å². The number of hydrogen-bond donors (Lipinski definition) is 1. The molecule has 0 aromatic carbocycles. The highest BCUT2D eigenvalue weighted by molar-refractivity contribution is 4.92. The van der Waals surface area contributed by atoms with Crippen LogP contribution < -0.4 is 5.73 Å². The highest BCUT2D eigenvalue weighted by Crippen LogP contribution is 2.42. The summed E-state index contributed by atoms with van der Waals surface area (Å²) in [6, 6.07) is 0.528. The van der Waals surface area contributed by atoms with Gasteiger partial charge in [0.1, 0.15) is 0 Å². The molecule has 0 aromatic rings. The minimum atomic E-state index is 0.277. The maximum absolute atomic E-state index is 6.51. The zero-order chi connectivity index (χ0) is 14.7. The second-order valence-corrected chi connectivity index (χ2v) is 7.44. The van der Waals surface area contributed by atoms with Gasteiger partial charge in [-0.15, -0.1) is 0 Å². The Morgan fingerprint density at radius 3 is 2.48 bits per heavy atom. The Morgan fingerprint density at radius 2 is 1.81 bits per heavy atom. The number of rotatable bonds is 4. The molecule has 1 aliphatic carbocycles. The summed E-state index contributed by atoms with van der Waals surface area (Å²) in [6.07, 6.45) is 9.86. The summed E-state index contributed by atoms with van der Waals surface area (Å²) >= 11 is 0. The van der Waals surface area contributed by atoms with Crippen LogP contribution in [0.25, 0.3) is 0 Å². The predicted octanol–water partition coefficient (Wildman–Crippen LogP) is 1.83. The van der Waals surface area contributed by atoms with E-state index in [1.54, 1.807) is 0 Å². The fraction of sp³-hybridized carbons (Fsp3) is 1.00. The second kappa shape index (κ2) is 6.95. The Hall–Kier alpha value is -0.160. The van der Waals surface area contributed by atoms with Gasteiger partial charge in [0.2, 0.25) is 0 Å². The average molecular weight is 295 g/mol. The van der Waals surface area contributed by atoms with Crippen molar-refractivity contribution in [3.05, 3.63) is 0 Å². The molecule has 2 N–H and O–H groups in total. The van der Waals surface area contributed by atoms with Crippen molar-refractivity contribution < 1.29 is 4.74 Å². The number of nitrogens with zero attached hydrogens (tertiary/aromatic N) is 2. The number of nitrogens with two attached hydrogens (primary N) is 1. The number of ether oxygens (including phenoxy) is 1. The molecule has 0 aromatic heterocycles. The normalized spacial score (nSPS) is 32.6. The van der Waals surface area contributed by atoms with E-state index in [9.17, 15) is 0 Å². The third kappa shape index (κ3) is 3.79. The van der Waals surface area contributed by atoms with E-state index < -0.39 is 0 Å². The highest BCUT2D eigenvalue weighted by Gasteiger charge is 2.41. The van der Waals surface area contributed by atoms with E-state index >= 15 is 0 Å². The molecule has 3 fully saturated rings. The van der Waals surface area contributed by atoms with Gasteiger partial charge in [-0.2, -0.15) is 0 Å². The molecule has 2 saturated heterocycles. The zero-order valence-corrected chi connectivity index (χ0v) is 13.7. The molecule has 4 heteroatoms. The fourth-order valence-electron chi connectivity index (χ4n) is 4.41. The first-order valence-corrected chi connectivity index (χ1v) is 9.05. The summed E-state index contributed by atoms with van der Waals surface area (Å²) in [5.74, 6) is 0. The van der Waals surface area contributed by atoms with E-state index in [4.69, 9.17) is 10.5 Å². The minimum absolute atomic E-state index is 0.277. The van der Waals surface area contributed by atoms with Crippen molar-refractivity contribution in [2.75, 3.05) is 39.3 Å². The van der Waals surface area contributed by atoms with Gasteiger partial charge in [0.25, 0.3) is 0 Å².